The van der Waals surface area contributed by atoms with E-state index in [4.69, 9.17) is 10.8 Å². The average Bonchev–Trinajstić information content (AvgIpc) is 2.15. The number of benzene rings is 1. The molecule has 1 unspecified atom stereocenters. The van der Waals surface area contributed by atoms with Crippen LogP contribution in [0.4, 0.5) is 4.39 Å². The van der Waals surface area contributed by atoms with Gasteiger partial charge in [-0.15, -0.1) is 0 Å². The van der Waals surface area contributed by atoms with Crippen LogP contribution in [0.1, 0.15) is 25.0 Å². The number of carboxylic acids is 1. The highest BCUT2D eigenvalue weighted by atomic mass is 19.1. The molecule has 3 N–H and O–H groups in total. The van der Waals surface area contributed by atoms with Crippen LogP contribution in [0.3, 0.4) is 0 Å². The Balaban J connectivity index is 3.21. The Morgan fingerprint density at radius 1 is 1.50 bits per heavy atom. The second-order valence-corrected chi connectivity index (χ2v) is 4.50. The summed E-state index contributed by atoms with van der Waals surface area (Å²) in [6, 6.07) is 3.27. The highest BCUT2D eigenvalue weighted by Gasteiger charge is 2.34. The Kier molecular flexibility index (Phi) is 3.33. The SMILES string of the molecule is Cc1cc(F)ccc1C(C)(C)C(N)C(=O)O. The Hall–Kier alpha value is -1.42. The van der Waals surface area contributed by atoms with Gasteiger partial charge in [-0.2, -0.15) is 0 Å². The molecule has 1 aromatic carbocycles. The highest BCUT2D eigenvalue weighted by molar-refractivity contribution is 5.75. The van der Waals surface area contributed by atoms with Gasteiger partial charge in [0.15, 0.2) is 0 Å². The van der Waals surface area contributed by atoms with Crippen LogP contribution in [0.15, 0.2) is 18.2 Å². The predicted octanol–water partition coefficient (Wildman–Crippen LogP) is 1.82. The molecule has 1 atom stereocenters. The summed E-state index contributed by atoms with van der Waals surface area (Å²) in [4.78, 5) is 10.9. The van der Waals surface area contributed by atoms with Crippen molar-refractivity contribution in [2.75, 3.05) is 0 Å². The highest BCUT2D eigenvalue weighted by Crippen LogP contribution is 2.29. The molecule has 16 heavy (non-hydrogen) atoms. The van der Waals surface area contributed by atoms with Crippen molar-refractivity contribution in [2.24, 2.45) is 5.73 Å². The standard InChI is InChI=1S/C12H16FNO2/c1-7-6-8(13)4-5-9(7)12(2,3)10(14)11(15)16/h4-6,10H,14H2,1-3H3,(H,15,16). The Labute approximate surface area is 94.1 Å². The molecule has 0 aromatic heterocycles. The van der Waals surface area contributed by atoms with Gasteiger partial charge in [-0.05, 0) is 30.2 Å². The van der Waals surface area contributed by atoms with Gasteiger partial charge >= 0.3 is 5.97 Å². The molecule has 0 saturated carbocycles. The number of aryl methyl sites for hydroxylation is 1. The molecule has 0 radical (unpaired) electrons. The van der Waals surface area contributed by atoms with Crippen LogP contribution >= 0.6 is 0 Å². The van der Waals surface area contributed by atoms with Crippen molar-refractivity contribution in [3.05, 3.63) is 35.1 Å². The Morgan fingerprint density at radius 3 is 2.50 bits per heavy atom. The van der Waals surface area contributed by atoms with Gasteiger partial charge in [-0.1, -0.05) is 19.9 Å². The summed E-state index contributed by atoms with van der Waals surface area (Å²) in [5.41, 5.74) is 6.37. The van der Waals surface area contributed by atoms with Crippen LogP contribution in [0.2, 0.25) is 0 Å². The Bertz CT molecular complexity index is 415. The van der Waals surface area contributed by atoms with E-state index in [1.54, 1.807) is 26.8 Å². The summed E-state index contributed by atoms with van der Waals surface area (Å²) < 4.78 is 12.9. The first-order valence-corrected chi connectivity index (χ1v) is 5.02. The molecule has 0 aliphatic rings. The van der Waals surface area contributed by atoms with E-state index >= 15 is 0 Å². The van der Waals surface area contributed by atoms with Crippen molar-refractivity contribution >= 4 is 5.97 Å². The zero-order valence-corrected chi connectivity index (χ0v) is 9.62. The summed E-state index contributed by atoms with van der Waals surface area (Å²) >= 11 is 0. The number of carbonyl (C=O) groups is 1. The summed E-state index contributed by atoms with van der Waals surface area (Å²) in [5.74, 6) is -1.39. The first kappa shape index (κ1) is 12.6. The van der Waals surface area contributed by atoms with E-state index in [1.165, 1.54) is 12.1 Å². The van der Waals surface area contributed by atoms with Gasteiger partial charge in [0.05, 0.1) is 0 Å². The number of hydrogen-bond donors (Lipinski definition) is 2. The fraction of sp³-hybridized carbons (Fsp3) is 0.417. The number of nitrogens with two attached hydrogens (primary N) is 1. The molecule has 0 heterocycles. The molecule has 0 fully saturated rings. The minimum atomic E-state index is -1.06. The lowest BCUT2D eigenvalue weighted by molar-refractivity contribution is -0.140. The maximum absolute atomic E-state index is 12.9. The van der Waals surface area contributed by atoms with Crippen LogP contribution in [0.25, 0.3) is 0 Å². The molecular weight excluding hydrogens is 209 g/mol. The normalized spacial score (nSPS) is 13.6. The number of aliphatic carboxylic acids is 1. The molecule has 88 valence electrons. The van der Waals surface area contributed by atoms with Crippen LogP contribution in [-0.2, 0) is 10.2 Å². The fourth-order valence-corrected chi connectivity index (χ4v) is 1.83. The van der Waals surface area contributed by atoms with E-state index in [2.05, 4.69) is 0 Å². The van der Waals surface area contributed by atoms with Crippen LogP contribution in [-0.4, -0.2) is 17.1 Å². The lowest BCUT2D eigenvalue weighted by Gasteiger charge is -2.30. The number of carboxylic acid groups (broad SMARTS) is 1. The molecule has 1 rings (SSSR count). The van der Waals surface area contributed by atoms with E-state index in [0.717, 1.165) is 5.56 Å². The van der Waals surface area contributed by atoms with Crippen LogP contribution in [0.5, 0.6) is 0 Å². The van der Waals surface area contributed by atoms with Gasteiger partial charge in [0, 0.05) is 5.41 Å². The van der Waals surface area contributed by atoms with Gasteiger partial charge in [0.25, 0.3) is 0 Å². The molecular formula is C12H16FNO2. The second kappa shape index (κ2) is 4.22. The maximum Gasteiger partial charge on any atom is 0.321 e. The van der Waals surface area contributed by atoms with Crippen molar-refractivity contribution in [2.45, 2.75) is 32.2 Å². The quantitative estimate of drug-likeness (QED) is 0.824. The monoisotopic (exact) mass is 225 g/mol. The zero-order valence-electron chi connectivity index (χ0n) is 9.62. The van der Waals surface area contributed by atoms with Gasteiger partial charge in [-0.25, -0.2) is 4.39 Å². The molecule has 0 aliphatic heterocycles. The van der Waals surface area contributed by atoms with Gasteiger partial charge < -0.3 is 10.8 Å². The molecule has 0 amide bonds. The predicted molar refractivity (Wildman–Crippen MR) is 59.8 cm³/mol. The van der Waals surface area contributed by atoms with Gasteiger partial charge in [0.2, 0.25) is 0 Å². The number of halogens is 1. The van der Waals surface area contributed by atoms with Crippen LogP contribution in [0, 0.1) is 12.7 Å². The van der Waals surface area contributed by atoms with Gasteiger partial charge in [0.1, 0.15) is 11.9 Å². The summed E-state index contributed by atoms with van der Waals surface area (Å²) in [6.45, 7) is 5.23. The minimum absolute atomic E-state index is 0.332. The zero-order chi connectivity index (χ0) is 12.5. The molecule has 4 heteroatoms. The molecule has 3 nitrogen and oxygen atoms in total. The van der Waals surface area contributed by atoms with E-state index in [-0.39, 0.29) is 5.82 Å². The van der Waals surface area contributed by atoms with E-state index in [0.29, 0.717) is 5.56 Å². The largest absolute Gasteiger partial charge is 0.480 e. The number of rotatable bonds is 3. The summed E-state index contributed by atoms with van der Waals surface area (Å²) in [7, 11) is 0. The third kappa shape index (κ3) is 2.22. The average molecular weight is 225 g/mol. The fourth-order valence-electron chi connectivity index (χ4n) is 1.83. The van der Waals surface area contributed by atoms with Crippen molar-refractivity contribution in [1.29, 1.82) is 0 Å². The Morgan fingerprint density at radius 2 is 2.06 bits per heavy atom. The lowest BCUT2D eigenvalue weighted by Crippen LogP contribution is -2.47. The van der Waals surface area contributed by atoms with Crippen molar-refractivity contribution < 1.29 is 14.3 Å². The van der Waals surface area contributed by atoms with E-state index in [1.807, 2.05) is 0 Å². The molecule has 0 spiro atoms. The van der Waals surface area contributed by atoms with Crippen molar-refractivity contribution in [3.63, 3.8) is 0 Å². The third-order valence-electron chi connectivity index (χ3n) is 2.93. The van der Waals surface area contributed by atoms with Crippen molar-refractivity contribution in [1.82, 2.24) is 0 Å². The summed E-state index contributed by atoms with van der Waals surface area (Å²) in [5, 5.41) is 8.93. The first-order chi connectivity index (χ1) is 7.26. The first-order valence-electron chi connectivity index (χ1n) is 5.02. The molecule has 0 aliphatic carbocycles. The van der Waals surface area contributed by atoms with Crippen molar-refractivity contribution in [3.8, 4) is 0 Å². The molecule has 0 bridgehead atoms. The smallest absolute Gasteiger partial charge is 0.321 e. The lowest BCUT2D eigenvalue weighted by atomic mass is 9.76. The van der Waals surface area contributed by atoms with E-state index in [9.17, 15) is 9.18 Å². The van der Waals surface area contributed by atoms with Gasteiger partial charge in [-0.3, -0.25) is 4.79 Å². The van der Waals surface area contributed by atoms with Crippen LogP contribution < -0.4 is 5.73 Å². The minimum Gasteiger partial charge on any atom is -0.480 e. The number of hydrogen-bond acceptors (Lipinski definition) is 2. The third-order valence-corrected chi connectivity index (χ3v) is 2.93. The maximum atomic E-state index is 12.9. The summed E-state index contributed by atoms with van der Waals surface area (Å²) in [6.07, 6.45) is 0. The van der Waals surface area contributed by atoms with E-state index < -0.39 is 17.4 Å². The topological polar surface area (TPSA) is 63.3 Å². The second-order valence-electron chi connectivity index (χ2n) is 4.50. The molecule has 0 saturated heterocycles. The molecule has 1 aromatic rings.